The maximum Gasteiger partial charge on any atom is 0.223 e. The molecule has 0 aliphatic carbocycles. The van der Waals surface area contributed by atoms with Crippen LogP contribution < -0.4 is 5.32 Å². The highest BCUT2D eigenvalue weighted by atomic mass is 35.5. The Morgan fingerprint density at radius 2 is 2.00 bits per heavy atom. The highest BCUT2D eigenvalue weighted by molar-refractivity contribution is 7.19. The molecule has 28 heavy (non-hydrogen) atoms. The molecule has 7 heteroatoms. The lowest BCUT2D eigenvalue weighted by atomic mass is 10.1. The van der Waals surface area contributed by atoms with Crippen LogP contribution >= 0.6 is 22.9 Å². The Labute approximate surface area is 174 Å². The predicted octanol–water partition coefficient (Wildman–Crippen LogP) is 5.06. The van der Waals surface area contributed by atoms with Gasteiger partial charge in [0.1, 0.15) is 0 Å². The maximum atomic E-state index is 6.17. The van der Waals surface area contributed by atoms with Gasteiger partial charge in [-0.15, -0.1) is 11.3 Å². The van der Waals surface area contributed by atoms with Crippen molar-refractivity contribution in [3.63, 3.8) is 0 Å². The minimum absolute atomic E-state index is 0.00141. The number of aliphatic imine (C=N–C) groups is 1. The van der Waals surface area contributed by atoms with E-state index in [2.05, 4.69) is 46.2 Å². The first-order valence-corrected chi connectivity index (χ1v) is 10.4. The molecule has 0 saturated carbocycles. The van der Waals surface area contributed by atoms with Crippen molar-refractivity contribution in [2.45, 2.75) is 19.4 Å². The lowest BCUT2D eigenvalue weighted by molar-refractivity contribution is 0.216. The molecular formula is C21H22ClN5S. The van der Waals surface area contributed by atoms with E-state index in [-0.39, 0.29) is 5.54 Å². The molecule has 144 valence electrons. The van der Waals surface area contributed by atoms with Crippen molar-refractivity contribution in [3.8, 4) is 21.7 Å². The summed E-state index contributed by atoms with van der Waals surface area (Å²) in [5, 5.41) is 3.36. The van der Waals surface area contributed by atoms with Gasteiger partial charge in [-0.25, -0.2) is 9.97 Å². The zero-order valence-corrected chi connectivity index (χ0v) is 17.5. The van der Waals surface area contributed by atoms with Gasteiger partial charge in [-0.3, -0.25) is 9.89 Å². The molecule has 1 aliphatic heterocycles. The van der Waals surface area contributed by atoms with Crippen LogP contribution in [0.1, 0.15) is 13.8 Å². The van der Waals surface area contributed by atoms with Gasteiger partial charge in [-0.05, 0) is 31.5 Å². The highest BCUT2D eigenvalue weighted by Crippen LogP contribution is 2.36. The number of thiophene rings is 1. The number of hydrogen-bond acceptors (Lipinski definition) is 6. The molecular weight excluding hydrogens is 390 g/mol. The summed E-state index contributed by atoms with van der Waals surface area (Å²) in [5.74, 6) is 0.622. The van der Waals surface area contributed by atoms with E-state index in [0.29, 0.717) is 5.95 Å². The molecule has 0 spiro atoms. The second-order valence-corrected chi connectivity index (χ2v) is 8.94. The molecule has 1 aromatic carbocycles. The number of nitrogens with zero attached hydrogens (tertiary/aromatic N) is 4. The summed E-state index contributed by atoms with van der Waals surface area (Å²) >= 11 is 7.70. The quantitative estimate of drug-likeness (QED) is 0.615. The minimum atomic E-state index is -0.00141. The number of rotatable bonds is 6. The van der Waals surface area contributed by atoms with E-state index in [9.17, 15) is 0 Å². The molecule has 1 aliphatic rings. The van der Waals surface area contributed by atoms with Crippen LogP contribution in [-0.2, 0) is 0 Å². The monoisotopic (exact) mass is 411 g/mol. The van der Waals surface area contributed by atoms with E-state index in [1.54, 1.807) is 0 Å². The van der Waals surface area contributed by atoms with Crippen LogP contribution in [0.25, 0.3) is 21.7 Å². The minimum Gasteiger partial charge on any atom is -0.353 e. The second kappa shape index (κ2) is 7.99. The molecule has 3 heterocycles. The van der Waals surface area contributed by atoms with Crippen LogP contribution in [0.2, 0.25) is 4.34 Å². The van der Waals surface area contributed by atoms with E-state index in [1.165, 1.54) is 11.3 Å². The van der Waals surface area contributed by atoms with Gasteiger partial charge < -0.3 is 5.32 Å². The highest BCUT2D eigenvalue weighted by Gasteiger charge is 2.27. The van der Waals surface area contributed by atoms with Crippen LogP contribution in [0.3, 0.4) is 0 Å². The Bertz CT molecular complexity index is 983. The van der Waals surface area contributed by atoms with Gasteiger partial charge in [0.25, 0.3) is 0 Å². The van der Waals surface area contributed by atoms with Crippen molar-refractivity contribution in [3.05, 3.63) is 53.0 Å². The van der Waals surface area contributed by atoms with Crippen molar-refractivity contribution in [1.29, 1.82) is 0 Å². The van der Waals surface area contributed by atoms with Gasteiger partial charge in [0.05, 0.1) is 27.1 Å². The van der Waals surface area contributed by atoms with Gasteiger partial charge in [-0.1, -0.05) is 41.9 Å². The summed E-state index contributed by atoms with van der Waals surface area (Å²) in [6.07, 6.45) is 3.90. The van der Waals surface area contributed by atoms with Crippen molar-refractivity contribution < 1.29 is 0 Å². The van der Waals surface area contributed by atoms with E-state index in [4.69, 9.17) is 16.6 Å². The third kappa shape index (κ3) is 4.09. The van der Waals surface area contributed by atoms with Crippen LogP contribution in [-0.4, -0.2) is 46.4 Å². The fourth-order valence-corrected chi connectivity index (χ4v) is 4.26. The van der Waals surface area contributed by atoms with Gasteiger partial charge in [0, 0.05) is 31.1 Å². The zero-order chi connectivity index (χ0) is 19.6. The van der Waals surface area contributed by atoms with Gasteiger partial charge >= 0.3 is 0 Å². The fraction of sp³-hybridized carbons (Fsp3) is 0.286. The predicted molar refractivity (Wildman–Crippen MR) is 118 cm³/mol. The smallest absolute Gasteiger partial charge is 0.223 e. The molecule has 2 aromatic heterocycles. The van der Waals surface area contributed by atoms with Crippen LogP contribution in [0.4, 0.5) is 5.95 Å². The summed E-state index contributed by atoms with van der Waals surface area (Å²) in [7, 11) is 0. The second-order valence-electron chi connectivity index (χ2n) is 7.22. The largest absolute Gasteiger partial charge is 0.353 e. The molecule has 4 rings (SSSR count). The van der Waals surface area contributed by atoms with E-state index in [0.717, 1.165) is 45.8 Å². The van der Waals surface area contributed by atoms with E-state index >= 15 is 0 Å². The molecule has 0 fully saturated rings. The van der Waals surface area contributed by atoms with Crippen LogP contribution in [0.5, 0.6) is 0 Å². The Morgan fingerprint density at radius 1 is 1.18 bits per heavy atom. The first-order chi connectivity index (χ1) is 13.5. The van der Waals surface area contributed by atoms with Crippen molar-refractivity contribution >= 4 is 35.1 Å². The molecule has 0 radical (unpaired) electrons. The number of hydrogen-bond donors (Lipinski definition) is 1. The Kier molecular flexibility index (Phi) is 5.44. The van der Waals surface area contributed by atoms with Crippen molar-refractivity contribution in [2.75, 3.05) is 25.1 Å². The summed E-state index contributed by atoms with van der Waals surface area (Å²) in [5.41, 5.74) is 2.98. The topological polar surface area (TPSA) is 53.4 Å². The van der Waals surface area contributed by atoms with Gasteiger partial charge in [-0.2, -0.15) is 0 Å². The van der Waals surface area contributed by atoms with E-state index < -0.39 is 0 Å². The number of halogens is 1. The first-order valence-electron chi connectivity index (χ1n) is 9.21. The number of benzene rings is 1. The third-order valence-electron chi connectivity index (χ3n) is 4.82. The molecule has 0 unspecified atom stereocenters. The van der Waals surface area contributed by atoms with Crippen LogP contribution in [0.15, 0.2) is 53.7 Å². The molecule has 3 aromatic rings. The van der Waals surface area contributed by atoms with Crippen molar-refractivity contribution in [2.24, 2.45) is 4.99 Å². The first kappa shape index (κ1) is 19.1. The summed E-state index contributed by atoms with van der Waals surface area (Å²) < 4.78 is 0.749. The number of anilines is 1. The Balaban J connectivity index is 1.56. The molecule has 1 N–H and O–H groups in total. The normalized spacial score (nSPS) is 15.8. The third-order valence-corrected chi connectivity index (χ3v) is 6.06. The Hall–Kier alpha value is -2.28. The molecule has 0 bridgehead atoms. The average Bonchev–Trinajstić information content (AvgIpc) is 3.27. The Morgan fingerprint density at radius 3 is 2.68 bits per heavy atom. The summed E-state index contributed by atoms with van der Waals surface area (Å²) in [6, 6.07) is 14.1. The number of aromatic nitrogens is 2. The average molecular weight is 412 g/mol. The lowest BCUT2D eigenvalue weighted by Gasteiger charge is -2.29. The fourth-order valence-electron chi connectivity index (χ4n) is 3.21. The maximum absolute atomic E-state index is 6.17. The van der Waals surface area contributed by atoms with Gasteiger partial charge in [0.2, 0.25) is 5.95 Å². The SMILES string of the molecule is CC1(C)C=NCN1CCNc1ncc(-c2ccccc2)c(-c2ccc(Cl)s2)n1. The van der Waals surface area contributed by atoms with Crippen LogP contribution in [0, 0.1) is 0 Å². The number of nitrogens with one attached hydrogen (secondary N) is 1. The standard InChI is InChI=1S/C21H22ClN5S/c1-21(2)13-23-14-27(21)11-10-24-20-25-12-16(15-6-4-3-5-7-15)19(26-20)17-8-9-18(22)28-17/h3-9,12-13H,10-11,14H2,1-2H3,(H,24,25,26). The van der Waals surface area contributed by atoms with Crippen molar-refractivity contribution in [1.82, 2.24) is 14.9 Å². The molecule has 0 saturated heterocycles. The molecule has 5 nitrogen and oxygen atoms in total. The van der Waals surface area contributed by atoms with Gasteiger partial charge in [0.15, 0.2) is 0 Å². The molecule has 0 amide bonds. The summed E-state index contributed by atoms with van der Waals surface area (Å²) in [4.78, 5) is 17.1. The summed E-state index contributed by atoms with van der Waals surface area (Å²) in [6.45, 7) is 6.71. The molecule has 0 atom stereocenters. The lowest BCUT2D eigenvalue weighted by Crippen LogP contribution is -2.43. The van der Waals surface area contributed by atoms with E-state index in [1.807, 2.05) is 42.7 Å². The zero-order valence-electron chi connectivity index (χ0n) is 15.9.